The summed E-state index contributed by atoms with van der Waals surface area (Å²) in [5.74, 6) is -9.62. The summed E-state index contributed by atoms with van der Waals surface area (Å²) < 4.78 is 65.4. The standard InChI is InChI=1S/C11H11F5N2/c12-6-7(13)9(15)11(10(16)8(6)14)18-5-1-3-17-4-2-5/h5,17-18H,1-4H2. The zero-order chi connectivity index (χ0) is 13.3. The molecule has 1 aromatic rings. The third kappa shape index (κ3) is 2.27. The Morgan fingerprint density at radius 1 is 0.778 bits per heavy atom. The van der Waals surface area contributed by atoms with Crippen LogP contribution in [0.1, 0.15) is 12.8 Å². The lowest BCUT2D eigenvalue weighted by molar-refractivity contribution is 0.379. The van der Waals surface area contributed by atoms with Crippen LogP contribution in [0.4, 0.5) is 27.6 Å². The molecule has 2 rings (SSSR count). The molecule has 0 saturated carbocycles. The zero-order valence-electron chi connectivity index (χ0n) is 9.30. The second kappa shape index (κ2) is 5.09. The van der Waals surface area contributed by atoms with Crippen molar-refractivity contribution in [1.29, 1.82) is 0 Å². The van der Waals surface area contributed by atoms with Gasteiger partial charge in [-0.1, -0.05) is 0 Å². The van der Waals surface area contributed by atoms with E-state index in [4.69, 9.17) is 0 Å². The highest BCUT2D eigenvalue weighted by molar-refractivity contribution is 5.48. The van der Waals surface area contributed by atoms with Gasteiger partial charge in [-0.05, 0) is 25.9 Å². The number of nitrogens with one attached hydrogen (secondary N) is 2. The van der Waals surface area contributed by atoms with E-state index in [0.29, 0.717) is 25.9 Å². The topological polar surface area (TPSA) is 24.1 Å². The maximum absolute atomic E-state index is 13.4. The summed E-state index contributed by atoms with van der Waals surface area (Å²) in [6.45, 7) is 1.26. The second-order valence-corrected chi connectivity index (χ2v) is 4.11. The number of hydrogen-bond acceptors (Lipinski definition) is 2. The van der Waals surface area contributed by atoms with Gasteiger partial charge in [-0.3, -0.25) is 0 Å². The molecule has 2 nitrogen and oxygen atoms in total. The van der Waals surface area contributed by atoms with Crippen molar-refractivity contribution >= 4 is 5.69 Å². The van der Waals surface area contributed by atoms with E-state index in [2.05, 4.69) is 10.6 Å². The van der Waals surface area contributed by atoms with Crippen molar-refractivity contribution in [3.8, 4) is 0 Å². The fourth-order valence-electron chi connectivity index (χ4n) is 1.90. The van der Waals surface area contributed by atoms with E-state index in [1.54, 1.807) is 0 Å². The van der Waals surface area contributed by atoms with Gasteiger partial charge in [0, 0.05) is 6.04 Å². The van der Waals surface area contributed by atoms with Crippen LogP contribution in [0.25, 0.3) is 0 Å². The number of halogens is 5. The lowest BCUT2D eigenvalue weighted by Gasteiger charge is -2.25. The Hall–Kier alpha value is -1.37. The summed E-state index contributed by atoms with van der Waals surface area (Å²) in [4.78, 5) is 0. The summed E-state index contributed by atoms with van der Waals surface area (Å²) in [7, 11) is 0. The smallest absolute Gasteiger partial charge is 0.200 e. The van der Waals surface area contributed by atoms with Gasteiger partial charge in [0.25, 0.3) is 0 Å². The van der Waals surface area contributed by atoms with Crippen molar-refractivity contribution in [3.63, 3.8) is 0 Å². The molecule has 100 valence electrons. The summed E-state index contributed by atoms with van der Waals surface area (Å²) in [6, 6.07) is -0.306. The molecule has 1 aliphatic heterocycles. The lowest BCUT2D eigenvalue weighted by atomic mass is 10.1. The predicted octanol–water partition coefficient (Wildman–Crippen LogP) is 2.55. The number of rotatable bonds is 2. The average molecular weight is 266 g/mol. The van der Waals surface area contributed by atoms with Crippen LogP contribution in [0.15, 0.2) is 0 Å². The van der Waals surface area contributed by atoms with Gasteiger partial charge in [0.2, 0.25) is 5.82 Å². The van der Waals surface area contributed by atoms with Gasteiger partial charge in [-0.15, -0.1) is 0 Å². The van der Waals surface area contributed by atoms with Gasteiger partial charge in [-0.2, -0.15) is 0 Å². The second-order valence-electron chi connectivity index (χ2n) is 4.11. The highest BCUT2D eigenvalue weighted by atomic mass is 19.2. The molecule has 1 saturated heterocycles. The molecule has 18 heavy (non-hydrogen) atoms. The van der Waals surface area contributed by atoms with Gasteiger partial charge in [0.1, 0.15) is 5.69 Å². The predicted molar refractivity (Wildman–Crippen MR) is 55.7 cm³/mol. The molecule has 1 aliphatic rings. The first-order valence-corrected chi connectivity index (χ1v) is 5.51. The molecule has 1 fully saturated rings. The molecule has 0 aromatic heterocycles. The molecule has 1 heterocycles. The van der Waals surface area contributed by atoms with E-state index in [0.717, 1.165) is 0 Å². The van der Waals surface area contributed by atoms with Crippen molar-refractivity contribution in [3.05, 3.63) is 29.1 Å². The fraction of sp³-hybridized carbons (Fsp3) is 0.455. The van der Waals surface area contributed by atoms with Gasteiger partial charge < -0.3 is 10.6 Å². The van der Waals surface area contributed by atoms with Gasteiger partial charge in [-0.25, -0.2) is 22.0 Å². The van der Waals surface area contributed by atoms with Crippen molar-refractivity contribution in [2.24, 2.45) is 0 Å². The van der Waals surface area contributed by atoms with E-state index >= 15 is 0 Å². The first kappa shape index (κ1) is 13.1. The van der Waals surface area contributed by atoms with Gasteiger partial charge in [0.15, 0.2) is 23.3 Å². The normalized spacial score (nSPS) is 16.9. The first-order chi connectivity index (χ1) is 8.52. The molecule has 0 bridgehead atoms. The van der Waals surface area contributed by atoms with Crippen LogP contribution in [0.5, 0.6) is 0 Å². The van der Waals surface area contributed by atoms with Crippen LogP contribution in [-0.4, -0.2) is 19.1 Å². The zero-order valence-corrected chi connectivity index (χ0v) is 9.30. The Morgan fingerprint density at radius 2 is 1.22 bits per heavy atom. The molecule has 1 aromatic carbocycles. The van der Waals surface area contributed by atoms with Crippen LogP contribution in [0.3, 0.4) is 0 Å². The minimum atomic E-state index is -2.14. The van der Waals surface area contributed by atoms with Crippen LogP contribution in [-0.2, 0) is 0 Å². The molecule has 0 radical (unpaired) electrons. The molecular weight excluding hydrogens is 255 g/mol. The van der Waals surface area contributed by atoms with Crippen molar-refractivity contribution in [2.45, 2.75) is 18.9 Å². The average Bonchev–Trinajstić information content (AvgIpc) is 2.40. The number of benzene rings is 1. The third-order valence-electron chi connectivity index (χ3n) is 2.90. The minimum Gasteiger partial charge on any atom is -0.377 e. The quantitative estimate of drug-likeness (QED) is 0.488. The monoisotopic (exact) mass is 266 g/mol. The molecule has 0 amide bonds. The minimum absolute atomic E-state index is 0.306. The van der Waals surface area contributed by atoms with Crippen molar-refractivity contribution < 1.29 is 22.0 Å². The molecule has 7 heteroatoms. The number of piperidine rings is 1. The Labute approximate surface area is 100 Å². The Kier molecular flexibility index (Phi) is 3.70. The van der Waals surface area contributed by atoms with E-state index < -0.39 is 34.8 Å². The van der Waals surface area contributed by atoms with Gasteiger partial charge in [0.05, 0.1) is 0 Å². The van der Waals surface area contributed by atoms with Crippen LogP contribution >= 0.6 is 0 Å². The van der Waals surface area contributed by atoms with Crippen molar-refractivity contribution in [1.82, 2.24) is 5.32 Å². The largest absolute Gasteiger partial charge is 0.377 e. The third-order valence-corrected chi connectivity index (χ3v) is 2.90. The van der Waals surface area contributed by atoms with Crippen LogP contribution in [0.2, 0.25) is 0 Å². The van der Waals surface area contributed by atoms with Gasteiger partial charge >= 0.3 is 0 Å². The Balaban J connectivity index is 2.32. The van der Waals surface area contributed by atoms with E-state index in [1.165, 1.54) is 0 Å². The lowest BCUT2D eigenvalue weighted by Crippen LogP contribution is -2.36. The first-order valence-electron chi connectivity index (χ1n) is 5.51. The Bertz CT molecular complexity index is 428. The molecule has 0 spiro atoms. The summed E-state index contributed by atoms with van der Waals surface area (Å²) >= 11 is 0. The summed E-state index contributed by atoms with van der Waals surface area (Å²) in [5, 5.41) is 5.42. The maximum atomic E-state index is 13.4. The number of hydrogen-bond donors (Lipinski definition) is 2. The fourth-order valence-corrected chi connectivity index (χ4v) is 1.90. The summed E-state index contributed by atoms with van der Waals surface area (Å²) in [5.41, 5.74) is -0.946. The van der Waals surface area contributed by atoms with Crippen molar-refractivity contribution in [2.75, 3.05) is 18.4 Å². The van der Waals surface area contributed by atoms with Crippen LogP contribution in [0, 0.1) is 29.1 Å². The number of anilines is 1. The maximum Gasteiger partial charge on any atom is 0.200 e. The van der Waals surface area contributed by atoms with E-state index in [-0.39, 0.29) is 6.04 Å². The summed E-state index contributed by atoms with van der Waals surface area (Å²) in [6.07, 6.45) is 1.11. The molecule has 0 unspecified atom stereocenters. The highest BCUT2D eigenvalue weighted by Crippen LogP contribution is 2.28. The van der Waals surface area contributed by atoms with E-state index in [1.807, 2.05) is 0 Å². The Morgan fingerprint density at radius 3 is 1.72 bits per heavy atom. The molecule has 0 atom stereocenters. The molecular formula is C11H11F5N2. The molecule has 2 N–H and O–H groups in total. The highest BCUT2D eigenvalue weighted by Gasteiger charge is 2.27. The molecule has 0 aliphatic carbocycles. The van der Waals surface area contributed by atoms with E-state index in [9.17, 15) is 22.0 Å². The SMILES string of the molecule is Fc1c(F)c(F)c(NC2CCNCC2)c(F)c1F. The van der Waals surface area contributed by atoms with Crippen LogP contribution < -0.4 is 10.6 Å².